The zero-order chi connectivity index (χ0) is 16.0. The highest BCUT2D eigenvalue weighted by atomic mass is 19.3. The second-order valence-electron chi connectivity index (χ2n) is 5.32. The largest absolute Gasteiger partial charge is 0.434 e. The number of halogens is 2. The first-order valence-corrected chi connectivity index (χ1v) is 6.90. The Morgan fingerprint density at radius 2 is 1.90 bits per heavy atom. The quantitative estimate of drug-likeness (QED) is 0.814. The molecule has 0 fully saturated rings. The van der Waals surface area contributed by atoms with Gasteiger partial charge in [-0.15, -0.1) is 0 Å². The maximum Gasteiger partial charge on any atom is 0.387 e. The molecule has 6 heteroatoms. The summed E-state index contributed by atoms with van der Waals surface area (Å²) in [5, 5.41) is 2.75. The van der Waals surface area contributed by atoms with Crippen LogP contribution < -0.4 is 15.8 Å². The summed E-state index contributed by atoms with van der Waals surface area (Å²) in [4.78, 5) is 11.9. The average molecular weight is 300 g/mol. The van der Waals surface area contributed by atoms with Crippen molar-refractivity contribution in [1.29, 1.82) is 0 Å². The predicted octanol–water partition coefficient (Wildman–Crippen LogP) is 2.84. The highest BCUT2D eigenvalue weighted by Crippen LogP contribution is 2.26. The molecule has 0 aliphatic heterocycles. The van der Waals surface area contributed by atoms with Gasteiger partial charge in [0.25, 0.3) is 0 Å². The minimum atomic E-state index is -2.90. The van der Waals surface area contributed by atoms with E-state index >= 15 is 0 Å². The van der Waals surface area contributed by atoms with E-state index in [4.69, 9.17) is 5.73 Å². The number of hydrogen-bond acceptors (Lipinski definition) is 3. The van der Waals surface area contributed by atoms with Crippen LogP contribution in [0.3, 0.4) is 0 Å². The van der Waals surface area contributed by atoms with E-state index in [1.807, 2.05) is 13.8 Å². The Balaban J connectivity index is 2.71. The van der Waals surface area contributed by atoms with E-state index in [-0.39, 0.29) is 30.0 Å². The lowest BCUT2D eigenvalue weighted by molar-refractivity contribution is -0.122. The van der Waals surface area contributed by atoms with Gasteiger partial charge in [-0.3, -0.25) is 4.79 Å². The molecule has 0 aliphatic carbocycles. The van der Waals surface area contributed by atoms with Crippen molar-refractivity contribution in [2.24, 2.45) is 11.7 Å². The maximum atomic E-state index is 12.4. The summed E-state index contributed by atoms with van der Waals surface area (Å²) >= 11 is 0. The van der Waals surface area contributed by atoms with Gasteiger partial charge >= 0.3 is 6.61 Å². The summed E-state index contributed by atoms with van der Waals surface area (Å²) in [7, 11) is 0. The summed E-state index contributed by atoms with van der Waals surface area (Å²) in [5.41, 5.74) is 6.35. The lowest BCUT2D eigenvalue weighted by Gasteiger charge is -2.20. The van der Waals surface area contributed by atoms with Crippen LogP contribution in [0.25, 0.3) is 0 Å². The molecule has 3 N–H and O–H groups in total. The lowest BCUT2D eigenvalue weighted by atomic mass is 10.0. The number of nitrogens with two attached hydrogens (primary N) is 1. The Hall–Kier alpha value is -1.69. The minimum Gasteiger partial charge on any atom is -0.434 e. The Kier molecular flexibility index (Phi) is 6.55. The first-order chi connectivity index (χ1) is 9.81. The van der Waals surface area contributed by atoms with Gasteiger partial charge in [-0.1, -0.05) is 32.0 Å². The molecule has 0 heterocycles. The van der Waals surface area contributed by atoms with Crippen molar-refractivity contribution in [3.8, 4) is 5.75 Å². The molecule has 1 amide bonds. The Labute approximate surface area is 123 Å². The number of para-hydroxylation sites is 1. The number of ether oxygens (including phenoxy) is 1. The van der Waals surface area contributed by atoms with E-state index in [2.05, 4.69) is 10.1 Å². The molecule has 21 heavy (non-hydrogen) atoms. The van der Waals surface area contributed by atoms with E-state index in [0.717, 1.165) is 0 Å². The standard InChI is InChI=1S/C15H22F2N2O2/c1-9(2)12(18)8-14(20)19-10(3)11-6-4-5-7-13(11)21-15(16)17/h4-7,9-10,12,15H,8,18H2,1-3H3,(H,19,20). The van der Waals surface area contributed by atoms with Crippen LogP contribution in [-0.4, -0.2) is 18.6 Å². The van der Waals surface area contributed by atoms with Gasteiger partial charge in [-0.05, 0) is 18.9 Å². The molecular formula is C15H22F2N2O2. The Morgan fingerprint density at radius 3 is 2.48 bits per heavy atom. The van der Waals surface area contributed by atoms with Crippen molar-refractivity contribution in [2.75, 3.05) is 0 Å². The van der Waals surface area contributed by atoms with Gasteiger partial charge < -0.3 is 15.8 Å². The molecule has 0 saturated carbocycles. The second kappa shape index (κ2) is 7.93. The third-order valence-corrected chi connectivity index (χ3v) is 3.26. The summed E-state index contributed by atoms with van der Waals surface area (Å²) < 4.78 is 29.2. The highest BCUT2D eigenvalue weighted by Gasteiger charge is 2.18. The monoisotopic (exact) mass is 300 g/mol. The van der Waals surface area contributed by atoms with Crippen molar-refractivity contribution in [2.45, 2.75) is 45.9 Å². The number of carbonyl (C=O) groups excluding carboxylic acids is 1. The van der Waals surface area contributed by atoms with E-state index in [1.165, 1.54) is 6.07 Å². The van der Waals surface area contributed by atoms with E-state index in [1.54, 1.807) is 25.1 Å². The van der Waals surface area contributed by atoms with Gasteiger partial charge in [0.2, 0.25) is 5.91 Å². The molecule has 0 aliphatic rings. The first-order valence-electron chi connectivity index (χ1n) is 6.90. The van der Waals surface area contributed by atoms with Crippen LogP contribution in [0.4, 0.5) is 8.78 Å². The smallest absolute Gasteiger partial charge is 0.387 e. The summed E-state index contributed by atoms with van der Waals surface area (Å²) in [6, 6.07) is 5.73. The normalized spacial score (nSPS) is 14.1. The number of carbonyl (C=O) groups is 1. The summed E-state index contributed by atoms with van der Waals surface area (Å²) in [6.07, 6.45) is 0.194. The van der Waals surface area contributed by atoms with Crippen LogP contribution in [0.5, 0.6) is 5.75 Å². The van der Waals surface area contributed by atoms with Gasteiger partial charge in [-0.25, -0.2) is 0 Å². The van der Waals surface area contributed by atoms with Crippen LogP contribution in [0.1, 0.15) is 38.8 Å². The van der Waals surface area contributed by atoms with Crippen LogP contribution in [-0.2, 0) is 4.79 Å². The van der Waals surface area contributed by atoms with Crippen LogP contribution in [0.2, 0.25) is 0 Å². The fourth-order valence-corrected chi connectivity index (χ4v) is 1.87. The molecular weight excluding hydrogens is 278 g/mol. The SMILES string of the molecule is CC(NC(=O)CC(N)C(C)C)c1ccccc1OC(F)F. The molecule has 1 aromatic rings. The molecule has 2 atom stereocenters. The second-order valence-corrected chi connectivity index (χ2v) is 5.32. The molecule has 1 aromatic carbocycles. The van der Waals surface area contributed by atoms with Gasteiger partial charge in [0, 0.05) is 18.0 Å². The van der Waals surface area contributed by atoms with Crippen molar-refractivity contribution < 1.29 is 18.3 Å². The molecule has 1 rings (SSSR count). The van der Waals surface area contributed by atoms with Gasteiger partial charge in [0.1, 0.15) is 5.75 Å². The van der Waals surface area contributed by atoms with E-state index in [0.29, 0.717) is 5.56 Å². The number of amides is 1. The zero-order valence-electron chi connectivity index (χ0n) is 12.5. The van der Waals surface area contributed by atoms with Crippen molar-refractivity contribution in [1.82, 2.24) is 5.32 Å². The molecule has 4 nitrogen and oxygen atoms in total. The summed E-state index contributed by atoms with van der Waals surface area (Å²) in [5.74, 6) is 0.0458. The molecule has 0 bridgehead atoms. The van der Waals surface area contributed by atoms with Crippen LogP contribution in [0.15, 0.2) is 24.3 Å². The van der Waals surface area contributed by atoms with Gasteiger partial charge in [-0.2, -0.15) is 8.78 Å². The number of nitrogens with one attached hydrogen (secondary N) is 1. The van der Waals surface area contributed by atoms with Gasteiger partial charge in [0.15, 0.2) is 0 Å². The molecule has 2 unspecified atom stereocenters. The summed E-state index contributed by atoms with van der Waals surface area (Å²) in [6.45, 7) is 2.69. The molecule has 118 valence electrons. The first kappa shape index (κ1) is 17.4. The number of benzene rings is 1. The fourth-order valence-electron chi connectivity index (χ4n) is 1.87. The molecule has 0 saturated heterocycles. The lowest BCUT2D eigenvalue weighted by Crippen LogP contribution is -2.36. The van der Waals surface area contributed by atoms with Crippen molar-refractivity contribution >= 4 is 5.91 Å². The van der Waals surface area contributed by atoms with E-state index < -0.39 is 12.7 Å². The molecule has 0 aromatic heterocycles. The van der Waals surface area contributed by atoms with Crippen LogP contribution in [0, 0.1) is 5.92 Å². The Bertz CT molecular complexity index is 467. The minimum absolute atomic E-state index is 0.0634. The number of rotatable bonds is 7. The predicted molar refractivity (Wildman–Crippen MR) is 77.1 cm³/mol. The maximum absolute atomic E-state index is 12.4. The van der Waals surface area contributed by atoms with Crippen LogP contribution >= 0.6 is 0 Å². The van der Waals surface area contributed by atoms with Crippen molar-refractivity contribution in [3.05, 3.63) is 29.8 Å². The third-order valence-electron chi connectivity index (χ3n) is 3.26. The molecule has 0 spiro atoms. The average Bonchev–Trinajstić information content (AvgIpc) is 2.38. The topological polar surface area (TPSA) is 64.4 Å². The Morgan fingerprint density at radius 1 is 1.29 bits per heavy atom. The number of hydrogen-bond donors (Lipinski definition) is 2. The van der Waals surface area contributed by atoms with Crippen molar-refractivity contribution in [3.63, 3.8) is 0 Å². The fraction of sp³-hybridized carbons (Fsp3) is 0.533. The molecule has 0 radical (unpaired) electrons. The highest BCUT2D eigenvalue weighted by molar-refractivity contribution is 5.77. The third kappa shape index (κ3) is 5.67. The van der Waals surface area contributed by atoms with Gasteiger partial charge in [0.05, 0.1) is 6.04 Å². The number of alkyl halides is 2. The van der Waals surface area contributed by atoms with E-state index in [9.17, 15) is 13.6 Å². The zero-order valence-corrected chi connectivity index (χ0v) is 12.5.